The lowest BCUT2D eigenvalue weighted by Gasteiger charge is -2.14. The van der Waals surface area contributed by atoms with Gasteiger partial charge in [0.05, 0.1) is 28.3 Å². The maximum atomic E-state index is 13.6. The number of carbonyl (C=O) groups excluding carboxylic acids is 1. The van der Waals surface area contributed by atoms with Crippen LogP contribution < -0.4 is 5.32 Å². The minimum Gasteiger partial charge on any atom is -0.478 e. The van der Waals surface area contributed by atoms with Crippen LogP contribution in [0.1, 0.15) is 37.4 Å². The quantitative estimate of drug-likeness (QED) is 0.223. The van der Waals surface area contributed by atoms with Crippen molar-refractivity contribution in [1.82, 2.24) is 9.88 Å². The van der Waals surface area contributed by atoms with Gasteiger partial charge in [-0.1, -0.05) is 47.5 Å². The monoisotopic (exact) mass is 553 g/mol. The van der Waals surface area contributed by atoms with Crippen LogP contribution in [0, 0.1) is 11.3 Å². The van der Waals surface area contributed by atoms with E-state index in [9.17, 15) is 14.9 Å². The fraction of sp³-hybridized carbons (Fsp3) is 0.0645. The molecule has 0 radical (unpaired) electrons. The molecule has 0 saturated heterocycles. The second-order valence-corrected chi connectivity index (χ2v) is 9.93. The predicted molar refractivity (Wildman–Crippen MR) is 152 cm³/mol. The summed E-state index contributed by atoms with van der Waals surface area (Å²) in [5, 5.41) is 23.4. The second-order valence-electron chi connectivity index (χ2n) is 9.06. The fourth-order valence-corrected chi connectivity index (χ4v) is 5.10. The number of nitrogens with zero attached hydrogens (tertiary/aromatic N) is 2. The Hall–Kier alpha value is -4.57. The van der Waals surface area contributed by atoms with E-state index in [-0.39, 0.29) is 18.0 Å². The van der Waals surface area contributed by atoms with Gasteiger partial charge in [0.1, 0.15) is 0 Å². The molecule has 0 bridgehead atoms. The molecule has 0 spiro atoms. The highest BCUT2D eigenvalue weighted by atomic mass is 35.5. The van der Waals surface area contributed by atoms with Crippen LogP contribution in [0.5, 0.6) is 0 Å². The molecule has 5 rings (SSSR count). The molecule has 5 aromatic rings. The van der Waals surface area contributed by atoms with Crippen LogP contribution in [0.25, 0.3) is 22.0 Å². The van der Waals surface area contributed by atoms with Gasteiger partial charge in [0, 0.05) is 34.7 Å². The molecule has 6 nitrogen and oxygen atoms in total. The van der Waals surface area contributed by atoms with Crippen molar-refractivity contribution in [2.45, 2.75) is 13.1 Å². The number of aromatic nitrogens is 1. The Morgan fingerprint density at radius 2 is 1.62 bits per heavy atom. The molecular weight excluding hydrogens is 533 g/mol. The summed E-state index contributed by atoms with van der Waals surface area (Å²) in [6, 6.07) is 26.9. The molecule has 0 atom stereocenters. The molecule has 0 aliphatic heterocycles. The van der Waals surface area contributed by atoms with Crippen molar-refractivity contribution in [3.8, 4) is 17.2 Å². The van der Waals surface area contributed by atoms with Gasteiger partial charge in [-0.25, -0.2) is 4.79 Å². The maximum Gasteiger partial charge on any atom is 0.335 e. The summed E-state index contributed by atoms with van der Waals surface area (Å²) in [7, 11) is 0. The third-order valence-corrected chi connectivity index (χ3v) is 6.80. The number of benzene rings is 4. The third kappa shape index (κ3) is 5.80. The van der Waals surface area contributed by atoms with E-state index >= 15 is 0 Å². The van der Waals surface area contributed by atoms with Gasteiger partial charge < -0.3 is 15.0 Å². The van der Waals surface area contributed by atoms with Crippen molar-refractivity contribution >= 4 is 46.0 Å². The van der Waals surface area contributed by atoms with Gasteiger partial charge in [-0.15, -0.1) is 0 Å². The van der Waals surface area contributed by atoms with E-state index in [0.717, 1.165) is 33.2 Å². The van der Waals surface area contributed by atoms with Gasteiger partial charge >= 0.3 is 5.97 Å². The number of nitriles is 1. The fourth-order valence-electron chi connectivity index (χ4n) is 4.53. The van der Waals surface area contributed by atoms with Gasteiger partial charge in [-0.05, 0) is 82.9 Å². The number of halogens is 2. The number of rotatable bonds is 7. The van der Waals surface area contributed by atoms with Crippen LogP contribution in [-0.2, 0) is 13.1 Å². The molecule has 39 heavy (non-hydrogen) atoms. The summed E-state index contributed by atoms with van der Waals surface area (Å²) >= 11 is 12.4. The molecule has 1 amide bonds. The van der Waals surface area contributed by atoms with Gasteiger partial charge in [0.15, 0.2) is 0 Å². The summed E-state index contributed by atoms with van der Waals surface area (Å²) < 4.78 is 1.98. The van der Waals surface area contributed by atoms with Crippen LogP contribution in [0.2, 0.25) is 10.0 Å². The van der Waals surface area contributed by atoms with E-state index in [2.05, 4.69) is 11.4 Å². The Kier molecular flexibility index (Phi) is 7.38. The third-order valence-electron chi connectivity index (χ3n) is 6.36. The summed E-state index contributed by atoms with van der Waals surface area (Å²) in [6.07, 6.45) is 1.91. The Labute approximate surface area is 234 Å². The highest BCUT2D eigenvalue weighted by Gasteiger charge is 2.17. The van der Waals surface area contributed by atoms with Gasteiger partial charge in [0.25, 0.3) is 5.91 Å². The van der Waals surface area contributed by atoms with Crippen molar-refractivity contribution < 1.29 is 14.7 Å². The van der Waals surface area contributed by atoms with Crippen LogP contribution in [0.3, 0.4) is 0 Å². The zero-order valence-corrected chi connectivity index (χ0v) is 22.0. The largest absolute Gasteiger partial charge is 0.478 e. The smallest absolute Gasteiger partial charge is 0.335 e. The highest BCUT2D eigenvalue weighted by molar-refractivity contribution is 6.34. The number of hydrogen-bond acceptors (Lipinski definition) is 3. The van der Waals surface area contributed by atoms with Crippen LogP contribution in [0.15, 0.2) is 91.1 Å². The molecule has 0 aliphatic carbocycles. The first-order valence-electron chi connectivity index (χ1n) is 12.0. The van der Waals surface area contributed by atoms with E-state index < -0.39 is 5.97 Å². The number of amides is 1. The molecule has 192 valence electrons. The Morgan fingerprint density at radius 3 is 2.31 bits per heavy atom. The van der Waals surface area contributed by atoms with Crippen molar-refractivity contribution in [3.63, 3.8) is 0 Å². The topological polar surface area (TPSA) is 95.1 Å². The van der Waals surface area contributed by atoms with Crippen molar-refractivity contribution in [2.75, 3.05) is 0 Å². The van der Waals surface area contributed by atoms with Crippen LogP contribution in [0.4, 0.5) is 0 Å². The van der Waals surface area contributed by atoms with E-state index in [1.165, 1.54) is 12.1 Å². The van der Waals surface area contributed by atoms with Crippen molar-refractivity contribution in [1.29, 1.82) is 5.26 Å². The average Bonchev–Trinajstić information content (AvgIpc) is 3.33. The predicted octanol–water partition coefficient (Wildman–Crippen LogP) is 7.16. The normalized spacial score (nSPS) is 10.8. The van der Waals surface area contributed by atoms with Gasteiger partial charge in [-0.3, -0.25) is 4.79 Å². The van der Waals surface area contributed by atoms with Crippen molar-refractivity contribution in [2.24, 2.45) is 0 Å². The minimum atomic E-state index is -1.01. The molecule has 0 saturated carbocycles. The van der Waals surface area contributed by atoms with Crippen molar-refractivity contribution in [3.05, 3.63) is 129 Å². The van der Waals surface area contributed by atoms with Gasteiger partial charge in [0.2, 0.25) is 0 Å². The highest BCUT2D eigenvalue weighted by Crippen LogP contribution is 2.30. The zero-order chi connectivity index (χ0) is 27.5. The van der Waals surface area contributed by atoms with Crippen LogP contribution in [-0.4, -0.2) is 21.6 Å². The van der Waals surface area contributed by atoms with E-state index in [1.807, 2.05) is 53.2 Å². The van der Waals surface area contributed by atoms with E-state index in [0.29, 0.717) is 27.7 Å². The number of hydrogen-bond donors (Lipinski definition) is 2. The standard InChI is InChI=1S/C31H21Cl2N3O3/c32-26-11-21(12-27(33)15-26)18-36-9-8-24-13-25(23-3-1-2-20(10-23)16-34)14-28(29(24)36)30(37)35-17-19-4-6-22(7-5-19)31(38)39/h1-15H,17-18H2,(H,35,37)(H,38,39). The molecule has 4 aromatic carbocycles. The molecule has 0 fully saturated rings. The molecule has 1 aromatic heterocycles. The Bertz CT molecular complexity index is 1750. The minimum absolute atomic E-state index is 0.179. The lowest BCUT2D eigenvalue weighted by atomic mass is 9.98. The molecule has 8 heteroatoms. The first-order valence-corrected chi connectivity index (χ1v) is 12.7. The Morgan fingerprint density at radius 1 is 0.872 bits per heavy atom. The summed E-state index contributed by atoms with van der Waals surface area (Å²) in [5.41, 5.74) is 5.20. The average molecular weight is 554 g/mol. The number of carbonyl (C=O) groups is 2. The number of nitrogens with one attached hydrogen (secondary N) is 1. The molecule has 2 N–H and O–H groups in total. The summed E-state index contributed by atoms with van der Waals surface area (Å²) in [4.78, 5) is 24.8. The lowest BCUT2D eigenvalue weighted by molar-refractivity contribution is 0.0696. The molecule has 0 unspecified atom stereocenters. The lowest BCUT2D eigenvalue weighted by Crippen LogP contribution is -2.23. The number of carboxylic acid groups (broad SMARTS) is 1. The van der Waals surface area contributed by atoms with Gasteiger partial charge in [-0.2, -0.15) is 5.26 Å². The second kappa shape index (κ2) is 11.0. The molecular formula is C31H21Cl2N3O3. The first-order chi connectivity index (χ1) is 18.8. The summed E-state index contributed by atoms with van der Waals surface area (Å²) in [6.45, 7) is 0.670. The maximum absolute atomic E-state index is 13.6. The van der Waals surface area contributed by atoms with E-state index in [1.54, 1.807) is 30.3 Å². The number of fused-ring (bicyclic) bond motifs is 1. The summed E-state index contributed by atoms with van der Waals surface area (Å²) in [5.74, 6) is -1.29. The SMILES string of the molecule is N#Cc1cccc(-c2cc(C(=O)NCc3ccc(C(=O)O)cc3)c3c(ccn3Cc3cc(Cl)cc(Cl)c3)c2)c1. The first kappa shape index (κ1) is 26.1. The molecule has 1 heterocycles. The Balaban J connectivity index is 1.54. The number of aromatic carboxylic acids is 1. The van der Waals surface area contributed by atoms with E-state index in [4.69, 9.17) is 28.3 Å². The van der Waals surface area contributed by atoms with Crippen LogP contribution >= 0.6 is 23.2 Å². The molecule has 0 aliphatic rings. The zero-order valence-electron chi connectivity index (χ0n) is 20.5. The number of carboxylic acids is 1.